The minimum absolute atomic E-state index is 0.0927. The molecule has 2 aromatic carbocycles. The van der Waals surface area contributed by atoms with Crippen LogP contribution in [0.1, 0.15) is 69.9 Å². The molecule has 41 heavy (non-hydrogen) atoms. The average Bonchev–Trinajstić information content (AvgIpc) is 3.34. The average molecular weight is 625 g/mol. The molecule has 2 aromatic rings. The lowest BCUT2D eigenvalue weighted by Crippen LogP contribution is -2.50. The van der Waals surface area contributed by atoms with Crippen LogP contribution in [0.3, 0.4) is 0 Å². The van der Waals surface area contributed by atoms with E-state index in [-0.39, 0.29) is 33.9 Å². The third-order valence-corrected chi connectivity index (χ3v) is 11.1. The Bertz CT molecular complexity index is 1490. The Hall–Kier alpha value is -2.20. The number of hydrogen-bond acceptors (Lipinski definition) is 5. The maximum Gasteiger partial charge on any atom is 0.238 e. The molecule has 3 N–H and O–H groups in total. The standard InChI is InChI=1S/C30H36Cl2FN3O4S/c1-29(2,3)15-23-30(20-13-8-16(31)14-22(20)35-28(30)38)24(19-6-5-7-21(32)25(19)33)26(36-23)27(37)34-17-9-11-18(12-10-17)41(4,39)40/h5-8,13-14,17-18,23-24,26,36H,9-12,15H2,1-4H3,(H,34,37)(H,35,38)/t17?,18?,23-,24+,26-,30+/m1/s1. The third kappa shape index (κ3) is 5.51. The molecule has 7 nitrogen and oxygen atoms in total. The van der Waals surface area contributed by atoms with Crippen LogP contribution in [0.5, 0.6) is 0 Å². The summed E-state index contributed by atoms with van der Waals surface area (Å²) in [6, 6.07) is 8.12. The Morgan fingerprint density at radius 1 is 1.12 bits per heavy atom. The van der Waals surface area contributed by atoms with Crippen LogP contribution in [0.15, 0.2) is 36.4 Å². The van der Waals surface area contributed by atoms with Crippen LogP contribution >= 0.6 is 23.2 Å². The van der Waals surface area contributed by atoms with Gasteiger partial charge in [0.1, 0.15) is 21.1 Å². The minimum Gasteiger partial charge on any atom is -0.352 e. The highest BCUT2D eigenvalue weighted by Gasteiger charge is 2.66. The van der Waals surface area contributed by atoms with Gasteiger partial charge in [0.05, 0.1) is 16.3 Å². The van der Waals surface area contributed by atoms with E-state index < -0.39 is 44.3 Å². The fraction of sp³-hybridized carbons (Fsp3) is 0.533. The first-order valence-corrected chi connectivity index (χ1v) is 16.6. The number of halogens is 3. The zero-order valence-electron chi connectivity index (χ0n) is 23.6. The molecular formula is C30H36Cl2FN3O4S. The van der Waals surface area contributed by atoms with Crippen LogP contribution in [0.25, 0.3) is 0 Å². The van der Waals surface area contributed by atoms with E-state index in [0.717, 1.165) is 0 Å². The number of sulfone groups is 1. The van der Waals surface area contributed by atoms with E-state index in [0.29, 0.717) is 48.4 Å². The molecular weight excluding hydrogens is 588 g/mol. The predicted molar refractivity (Wildman–Crippen MR) is 160 cm³/mol. The zero-order valence-corrected chi connectivity index (χ0v) is 25.9. The Labute approximate surface area is 250 Å². The Kier molecular flexibility index (Phi) is 7.98. The normalized spacial score (nSPS) is 29.8. The molecule has 2 fully saturated rings. The largest absolute Gasteiger partial charge is 0.352 e. The van der Waals surface area contributed by atoms with Crippen molar-refractivity contribution < 1.29 is 22.4 Å². The molecule has 4 atom stereocenters. The van der Waals surface area contributed by atoms with Crippen LogP contribution in [0.4, 0.5) is 10.1 Å². The summed E-state index contributed by atoms with van der Waals surface area (Å²) in [6.07, 6.45) is 3.72. The number of amides is 2. The number of benzene rings is 2. The van der Waals surface area contributed by atoms with Crippen molar-refractivity contribution in [2.45, 2.75) is 87.6 Å². The molecule has 1 saturated carbocycles. The fourth-order valence-corrected chi connectivity index (χ4v) is 8.56. The maximum absolute atomic E-state index is 15.9. The minimum atomic E-state index is -3.16. The summed E-state index contributed by atoms with van der Waals surface area (Å²) >= 11 is 12.5. The van der Waals surface area contributed by atoms with Crippen LogP contribution in [0, 0.1) is 11.2 Å². The van der Waals surface area contributed by atoms with Gasteiger partial charge in [-0.25, -0.2) is 12.8 Å². The summed E-state index contributed by atoms with van der Waals surface area (Å²) in [5.74, 6) is -2.28. The van der Waals surface area contributed by atoms with Gasteiger partial charge in [-0.1, -0.05) is 62.2 Å². The first kappa shape index (κ1) is 30.3. The van der Waals surface area contributed by atoms with Gasteiger partial charge in [-0.3, -0.25) is 9.59 Å². The SMILES string of the molecule is CC(C)(C)C[C@H]1N[C@@H](C(=O)NC2CCC(S(C)(=O)=O)CC2)[C@H](c2cccc(Cl)c2F)[C@@]12C(=O)Nc1cc(Cl)ccc12. The number of rotatable bonds is 5. The van der Waals surface area contributed by atoms with Gasteiger partial charge in [0, 0.05) is 35.0 Å². The third-order valence-electron chi connectivity index (χ3n) is 8.85. The molecule has 0 radical (unpaired) electrons. The molecule has 5 rings (SSSR count). The Morgan fingerprint density at radius 3 is 2.44 bits per heavy atom. The topological polar surface area (TPSA) is 104 Å². The maximum atomic E-state index is 15.9. The monoisotopic (exact) mass is 623 g/mol. The number of hydrogen-bond donors (Lipinski definition) is 3. The molecule has 0 unspecified atom stereocenters. The summed E-state index contributed by atoms with van der Waals surface area (Å²) in [5, 5.41) is 9.48. The summed E-state index contributed by atoms with van der Waals surface area (Å²) in [6.45, 7) is 6.17. The molecule has 0 bridgehead atoms. The second kappa shape index (κ2) is 10.8. The second-order valence-corrected chi connectivity index (χ2v) is 16.1. The summed E-state index contributed by atoms with van der Waals surface area (Å²) in [4.78, 5) is 28.3. The summed E-state index contributed by atoms with van der Waals surface area (Å²) in [5.41, 5.74) is -0.195. The molecule has 1 aliphatic carbocycles. The molecule has 2 aliphatic heterocycles. The van der Waals surface area contributed by atoms with Gasteiger partial charge in [-0.15, -0.1) is 0 Å². The van der Waals surface area contributed by atoms with Crippen molar-refractivity contribution in [3.05, 3.63) is 63.4 Å². The van der Waals surface area contributed by atoms with Crippen molar-refractivity contribution in [1.82, 2.24) is 10.6 Å². The van der Waals surface area contributed by atoms with E-state index in [2.05, 4.69) is 36.7 Å². The van der Waals surface area contributed by atoms with Crippen molar-refractivity contribution in [1.29, 1.82) is 0 Å². The first-order chi connectivity index (χ1) is 19.1. The van der Waals surface area contributed by atoms with Gasteiger partial charge in [-0.05, 0) is 66.8 Å². The highest BCUT2D eigenvalue weighted by atomic mass is 35.5. The van der Waals surface area contributed by atoms with Crippen LogP contribution in [-0.2, 0) is 24.8 Å². The Morgan fingerprint density at radius 2 is 1.80 bits per heavy atom. The van der Waals surface area contributed by atoms with E-state index in [1.807, 2.05) is 0 Å². The lowest BCUT2D eigenvalue weighted by Gasteiger charge is -2.38. The van der Waals surface area contributed by atoms with E-state index in [1.165, 1.54) is 12.3 Å². The van der Waals surface area contributed by atoms with Crippen LogP contribution < -0.4 is 16.0 Å². The van der Waals surface area contributed by atoms with E-state index in [9.17, 15) is 18.0 Å². The highest BCUT2D eigenvalue weighted by molar-refractivity contribution is 7.91. The smallest absolute Gasteiger partial charge is 0.238 e. The van der Waals surface area contributed by atoms with Crippen LogP contribution in [0.2, 0.25) is 10.0 Å². The van der Waals surface area contributed by atoms with Crippen molar-refractivity contribution in [2.24, 2.45) is 5.41 Å². The summed E-state index contributed by atoms with van der Waals surface area (Å²) in [7, 11) is -3.16. The summed E-state index contributed by atoms with van der Waals surface area (Å²) < 4.78 is 40.0. The molecule has 2 amide bonds. The van der Waals surface area contributed by atoms with Gasteiger partial charge in [0.2, 0.25) is 11.8 Å². The highest BCUT2D eigenvalue weighted by Crippen LogP contribution is 2.57. The molecule has 1 spiro atoms. The predicted octanol–water partition coefficient (Wildman–Crippen LogP) is 5.35. The van der Waals surface area contributed by atoms with Crippen molar-refractivity contribution in [3.8, 4) is 0 Å². The van der Waals surface area contributed by atoms with Gasteiger partial charge < -0.3 is 16.0 Å². The van der Waals surface area contributed by atoms with E-state index in [4.69, 9.17) is 23.2 Å². The van der Waals surface area contributed by atoms with Crippen molar-refractivity contribution >= 4 is 50.5 Å². The molecule has 222 valence electrons. The van der Waals surface area contributed by atoms with Gasteiger partial charge in [0.15, 0.2) is 0 Å². The lowest BCUT2D eigenvalue weighted by molar-refractivity contribution is -0.124. The van der Waals surface area contributed by atoms with Gasteiger partial charge in [-0.2, -0.15) is 0 Å². The second-order valence-electron chi connectivity index (χ2n) is 12.9. The molecule has 1 saturated heterocycles. The first-order valence-electron chi connectivity index (χ1n) is 13.9. The molecule has 0 aromatic heterocycles. The van der Waals surface area contributed by atoms with E-state index in [1.54, 1.807) is 30.3 Å². The molecule has 3 aliphatic rings. The number of nitrogens with one attached hydrogen (secondary N) is 3. The van der Waals surface area contributed by atoms with Crippen LogP contribution in [-0.4, -0.2) is 49.9 Å². The number of fused-ring (bicyclic) bond motifs is 2. The van der Waals surface area contributed by atoms with Gasteiger partial charge in [0.25, 0.3) is 0 Å². The van der Waals surface area contributed by atoms with Gasteiger partial charge >= 0.3 is 0 Å². The molecule has 2 heterocycles. The zero-order chi connectivity index (χ0) is 29.9. The number of carbonyl (C=O) groups excluding carboxylic acids is 2. The Balaban J connectivity index is 1.60. The number of carbonyl (C=O) groups is 2. The lowest BCUT2D eigenvalue weighted by atomic mass is 9.62. The number of anilines is 1. The molecule has 11 heteroatoms. The van der Waals surface area contributed by atoms with E-state index >= 15 is 4.39 Å². The quantitative estimate of drug-likeness (QED) is 0.416. The van der Waals surface area contributed by atoms with Crippen molar-refractivity contribution in [3.63, 3.8) is 0 Å². The van der Waals surface area contributed by atoms with Crippen molar-refractivity contribution in [2.75, 3.05) is 11.6 Å². The fourth-order valence-electron chi connectivity index (χ4n) is 7.08.